The van der Waals surface area contributed by atoms with Gasteiger partial charge >= 0.3 is 0 Å². The summed E-state index contributed by atoms with van der Waals surface area (Å²) in [5.41, 5.74) is 0.925. The largest absolute Gasteiger partial charge is 0.377 e. The number of hydrogen-bond donors (Lipinski definition) is 1. The minimum absolute atomic E-state index is 0.0797. The summed E-state index contributed by atoms with van der Waals surface area (Å²) in [4.78, 5) is 0. The Balaban J connectivity index is 1.74. The first kappa shape index (κ1) is 13.0. The molecule has 1 aromatic carbocycles. The molecule has 1 N–H and O–H groups in total. The third-order valence-electron chi connectivity index (χ3n) is 3.25. The number of ether oxygens (including phenoxy) is 1. The molecule has 0 saturated carbocycles. The van der Waals surface area contributed by atoms with Gasteiger partial charge in [-0.3, -0.25) is 0 Å². The van der Waals surface area contributed by atoms with E-state index < -0.39 is 5.82 Å². The molecule has 0 aromatic heterocycles. The van der Waals surface area contributed by atoms with Gasteiger partial charge < -0.3 is 10.1 Å². The van der Waals surface area contributed by atoms with E-state index in [4.69, 9.17) is 10.00 Å². The predicted octanol–water partition coefficient (Wildman–Crippen LogP) is 2.21. The fraction of sp³-hybridized carbons (Fsp3) is 0.500. The highest BCUT2D eigenvalue weighted by Crippen LogP contribution is 2.13. The SMILES string of the molecule is N#Cc1cc(COCCC2CCNC2)ccc1F. The van der Waals surface area contributed by atoms with E-state index in [2.05, 4.69) is 5.32 Å². The van der Waals surface area contributed by atoms with E-state index in [1.165, 1.54) is 12.5 Å². The van der Waals surface area contributed by atoms with E-state index in [0.717, 1.165) is 25.1 Å². The van der Waals surface area contributed by atoms with Gasteiger partial charge in [-0.05, 0) is 49.5 Å². The molecule has 0 amide bonds. The van der Waals surface area contributed by atoms with Crippen molar-refractivity contribution >= 4 is 0 Å². The number of nitrogens with zero attached hydrogens (tertiary/aromatic N) is 1. The van der Waals surface area contributed by atoms with Gasteiger partial charge in [-0.1, -0.05) is 6.07 Å². The van der Waals surface area contributed by atoms with Crippen LogP contribution in [-0.4, -0.2) is 19.7 Å². The van der Waals surface area contributed by atoms with Crippen molar-refractivity contribution in [2.75, 3.05) is 19.7 Å². The van der Waals surface area contributed by atoms with Crippen molar-refractivity contribution in [1.82, 2.24) is 5.32 Å². The lowest BCUT2D eigenvalue weighted by Crippen LogP contribution is -2.10. The highest BCUT2D eigenvalue weighted by atomic mass is 19.1. The zero-order chi connectivity index (χ0) is 12.8. The fourth-order valence-electron chi connectivity index (χ4n) is 2.15. The first-order valence-corrected chi connectivity index (χ1v) is 6.26. The molecule has 3 nitrogen and oxygen atoms in total. The lowest BCUT2D eigenvalue weighted by molar-refractivity contribution is 0.109. The second kappa shape index (κ2) is 6.48. The highest BCUT2D eigenvalue weighted by molar-refractivity contribution is 5.34. The molecule has 1 saturated heterocycles. The van der Waals surface area contributed by atoms with Crippen LogP contribution in [-0.2, 0) is 11.3 Å². The lowest BCUT2D eigenvalue weighted by Gasteiger charge is -2.09. The van der Waals surface area contributed by atoms with Crippen LogP contribution < -0.4 is 5.32 Å². The van der Waals surface area contributed by atoms with E-state index >= 15 is 0 Å². The molecule has 2 rings (SSSR count). The molecule has 18 heavy (non-hydrogen) atoms. The number of nitriles is 1. The summed E-state index contributed by atoms with van der Waals surface area (Å²) in [6, 6.07) is 6.36. The van der Waals surface area contributed by atoms with Gasteiger partial charge in [-0.2, -0.15) is 5.26 Å². The third kappa shape index (κ3) is 3.52. The molecule has 1 fully saturated rings. The molecule has 96 valence electrons. The molecule has 1 aliphatic rings. The topological polar surface area (TPSA) is 45.0 Å². The average molecular weight is 248 g/mol. The van der Waals surface area contributed by atoms with Crippen LogP contribution in [0.4, 0.5) is 4.39 Å². The van der Waals surface area contributed by atoms with Crippen LogP contribution in [0.2, 0.25) is 0 Å². The maximum absolute atomic E-state index is 13.1. The Morgan fingerprint density at radius 1 is 1.50 bits per heavy atom. The number of nitrogens with one attached hydrogen (secondary N) is 1. The predicted molar refractivity (Wildman–Crippen MR) is 66.4 cm³/mol. The van der Waals surface area contributed by atoms with E-state index in [-0.39, 0.29) is 5.56 Å². The van der Waals surface area contributed by atoms with E-state index in [0.29, 0.717) is 19.1 Å². The molecular formula is C14H17FN2O. The van der Waals surface area contributed by atoms with Crippen LogP contribution in [0.15, 0.2) is 18.2 Å². The van der Waals surface area contributed by atoms with Crippen molar-refractivity contribution in [2.45, 2.75) is 19.4 Å². The van der Waals surface area contributed by atoms with Crippen LogP contribution in [0.5, 0.6) is 0 Å². The van der Waals surface area contributed by atoms with Gasteiger partial charge in [-0.15, -0.1) is 0 Å². The van der Waals surface area contributed by atoms with E-state index in [9.17, 15) is 4.39 Å². The summed E-state index contributed by atoms with van der Waals surface area (Å²) < 4.78 is 18.7. The number of hydrogen-bond acceptors (Lipinski definition) is 3. The molecule has 4 heteroatoms. The zero-order valence-corrected chi connectivity index (χ0v) is 10.3. The third-order valence-corrected chi connectivity index (χ3v) is 3.25. The molecule has 0 aliphatic carbocycles. The maximum atomic E-state index is 13.1. The highest BCUT2D eigenvalue weighted by Gasteiger charge is 2.13. The Kier molecular flexibility index (Phi) is 4.68. The van der Waals surface area contributed by atoms with Gasteiger partial charge in [0.25, 0.3) is 0 Å². The van der Waals surface area contributed by atoms with Crippen LogP contribution in [0.25, 0.3) is 0 Å². The molecule has 1 atom stereocenters. The molecule has 1 aromatic rings. The van der Waals surface area contributed by atoms with E-state index in [1.54, 1.807) is 12.1 Å². The second-order valence-electron chi connectivity index (χ2n) is 4.63. The van der Waals surface area contributed by atoms with Crippen molar-refractivity contribution in [2.24, 2.45) is 5.92 Å². The fourth-order valence-corrected chi connectivity index (χ4v) is 2.15. The van der Waals surface area contributed by atoms with Crippen molar-refractivity contribution < 1.29 is 9.13 Å². The Morgan fingerprint density at radius 3 is 3.11 bits per heavy atom. The summed E-state index contributed by atoms with van der Waals surface area (Å²) in [5, 5.41) is 12.0. The quantitative estimate of drug-likeness (QED) is 0.813. The zero-order valence-electron chi connectivity index (χ0n) is 10.3. The number of halogens is 1. The molecule has 0 bridgehead atoms. The summed E-state index contributed by atoms with van der Waals surface area (Å²) in [5.74, 6) is 0.242. The average Bonchev–Trinajstić information content (AvgIpc) is 2.89. The first-order chi connectivity index (χ1) is 8.79. The van der Waals surface area contributed by atoms with Gasteiger partial charge in [-0.25, -0.2) is 4.39 Å². The monoisotopic (exact) mass is 248 g/mol. The van der Waals surface area contributed by atoms with Gasteiger partial charge in [0, 0.05) is 6.61 Å². The van der Waals surface area contributed by atoms with Crippen LogP contribution in [0, 0.1) is 23.1 Å². The lowest BCUT2D eigenvalue weighted by atomic mass is 10.1. The van der Waals surface area contributed by atoms with Gasteiger partial charge in [0.2, 0.25) is 0 Å². The first-order valence-electron chi connectivity index (χ1n) is 6.26. The maximum Gasteiger partial charge on any atom is 0.140 e. The molecule has 0 spiro atoms. The second-order valence-corrected chi connectivity index (χ2v) is 4.63. The van der Waals surface area contributed by atoms with Crippen molar-refractivity contribution in [1.29, 1.82) is 5.26 Å². The van der Waals surface area contributed by atoms with Gasteiger partial charge in [0.15, 0.2) is 0 Å². The van der Waals surface area contributed by atoms with Crippen LogP contribution in [0.3, 0.4) is 0 Å². The Morgan fingerprint density at radius 2 is 2.39 bits per heavy atom. The number of rotatable bonds is 5. The molecule has 0 radical (unpaired) electrons. The van der Waals surface area contributed by atoms with Crippen molar-refractivity contribution in [3.63, 3.8) is 0 Å². The minimum Gasteiger partial charge on any atom is -0.377 e. The van der Waals surface area contributed by atoms with Crippen molar-refractivity contribution in [3.8, 4) is 6.07 Å². The van der Waals surface area contributed by atoms with Crippen molar-refractivity contribution in [3.05, 3.63) is 35.1 Å². The Labute approximate surface area is 107 Å². The standard InChI is InChI=1S/C14H17FN2O/c15-14-2-1-12(7-13(14)8-16)10-18-6-4-11-3-5-17-9-11/h1-2,7,11,17H,3-6,9-10H2. The summed E-state index contributed by atoms with van der Waals surface area (Å²) in [6.07, 6.45) is 2.28. The Hall–Kier alpha value is -1.44. The molecular weight excluding hydrogens is 231 g/mol. The smallest absolute Gasteiger partial charge is 0.140 e. The molecule has 1 heterocycles. The normalized spacial score (nSPS) is 18.8. The molecule has 1 unspecified atom stereocenters. The van der Waals surface area contributed by atoms with Crippen LogP contribution in [0.1, 0.15) is 24.0 Å². The summed E-state index contributed by atoms with van der Waals surface area (Å²) in [7, 11) is 0. The number of benzene rings is 1. The molecule has 1 aliphatic heterocycles. The summed E-state index contributed by atoms with van der Waals surface area (Å²) >= 11 is 0. The summed E-state index contributed by atoms with van der Waals surface area (Å²) in [6.45, 7) is 3.34. The van der Waals surface area contributed by atoms with Gasteiger partial charge in [0.05, 0.1) is 12.2 Å². The van der Waals surface area contributed by atoms with E-state index in [1.807, 2.05) is 6.07 Å². The minimum atomic E-state index is -0.474. The van der Waals surface area contributed by atoms with Crippen LogP contribution >= 0.6 is 0 Å². The Bertz CT molecular complexity index is 436. The van der Waals surface area contributed by atoms with Gasteiger partial charge in [0.1, 0.15) is 11.9 Å².